The molecule has 18 heavy (non-hydrogen) atoms. The van der Waals surface area contributed by atoms with Crippen LogP contribution in [0.15, 0.2) is 23.3 Å². The fraction of sp³-hybridized carbons (Fsp3) is 0.562. The number of carbonyl (C=O) groups is 1. The Morgan fingerprint density at radius 1 is 1.11 bits per heavy atom. The first-order chi connectivity index (χ1) is 8.56. The first kappa shape index (κ1) is 16.5. The second-order valence-corrected chi connectivity index (χ2v) is 4.37. The molecule has 2 heteroatoms. The maximum Gasteiger partial charge on any atom is 0.302 e. The molecule has 0 aromatic rings. The van der Waals surface area contributed by atoms with Crippen molar-refractivity contribution in [2.24, 2.45) is 0 Å². The van der Waals surface area contributed by atoms with Crippen LogP contribution in [0.4, 0.5) is 0 Å². The van der Waals surface area contributed by atoms with Crippen LogP contribution in [0.3, 0.4) is 0 Å². The van der Waals surface area contributed by atoms with Crippen molar-refractivity contribution in [1.29, 1.82) is 0 Å². The van der Waals surface area contributed by atoms with Crippen LogP contribution in [0.1, 0.15) is 53.4 Å². The van der Waals surface area contributed by atoms with Crippen LogP contribution in [-0.4, -0.2) is 12.6 Å². The smallest absolute Gasteiger partial charge is 0.302 e. The molecule has 0 aliphatic rings. The van der Waals surface area contributed by atoms with Crippen LogP contribution in [-0.2, 0) is 9.53 Å². The summed E-state index contributed by atoms with van der Waals surface area (Å²) in [6.07, 6.45) is 8.27. The molecule has 0 saturated heterocycles. The van der Waals surface area contributed by atoms with Crippen molar-refractivity contribution in [2.75, 3.05) is 6.61 Å². The highest BCUT2D eigenvalue weighted by molar-refractivity contribution is 5.66. The summed E-state index contributed by atoms with van der Waals surface area (Å²) >= 11 is 0. The molecule has 100 valence electrons. The van der Waals surface area contributed by atoms with Gasteiger partial charge in [0, 0.05) is 13.3 Å². The molecule has 2 nitrogen and oxygen atoms in total. The summed E-state index contributed by atoms with van der Waals surface area (Å²) in [5.41, 5.74) is 2.65. The average Bonchev–Trinajstić information content (AvgIpc) is 2.29. The molecule has 0 aromatic heterocycles. The third kappa shape index (κ3) is 11.0. The molecule has 0 aromatic carbocycles. The molecule has 0 N–H and O–H groups in total. The van der Waals surface area contributed by atoms with Crippen LogP contribution in [0.5, 0.6) is 0 Å². The Balaban J connectivity index is 3.82. The highest BCUT2D eigenvalue weighted by Gasteiger charge is 1.93. The van der Waals surface area contributed by atoms with Gasteiger partial charge in [0.2, 0.25) is 0 Å². The summed E-state index contributed by atoms with van der Waals surface area (Å²) < 4.78 is 4.86. The molecular formula is C16H24O2. The van der Waals surface area contributed by atoms with E-state index in [1.165, 1.54) is 18.1 Å². The number of esters is 1. The van der Waals surface area contributed by atoms with E-state index in [1.807, 2.05) is 13.0 Å². The zero-order valence-corrected chi connectivity index (χ0v) is 12.0. The zero-order valence-electron chi connectivity index (χ0n) is 12.0. The second kappa shape index (κ2) is 10.7. The van der Waals surface area contributed by atoms with Crippen molar-refractivity contribution in [3.05, 3.63) is 23.3 Å². The Morgan fingerprint density at radius 2 is 1.78 bits per heavy atom. The number of rotatable bonds is 7. The maximum absolute atomic E-state index is 10.6. The Kier molecular flexibility index (Phi) is 9.77. The topological polar surface area (TPSA) is 26.3 Å². The van der Waals surface area contributed by atoms with E-state index < -0.39 is 0 Å². The highest BCUT2D eigenvalue weighted by Crippen LogP contribution is 2.09. The third-order valence-corrected chi connectivity index (χ3v) is 2.57. The standard InChI is InChI=1S/C16H24O2/c1-5-6-7-9-14(2)10-8-11-15(3)12-13-18-16(4)17/h10,12H,7-9,11,13H2,1-4H3/b14-10+,15-12+. The summed E-state index contributed by atoms with van der Waals surface area (Å²) in [5, 5.41) is 0. The lowest BCUT2D eigenvalue weighted by Crippen LogP contribution is -1.98. The summed E-state index contributed by atoms with van der Waals surface area (Å²) in [5.74, 6) is 5.74. The maximum atomic E-state index is 10.6. The molecule has 0 amide bonds. The van der Waals surface area contributed by atoms with E-state index in [0.717, 1.165) is 25.7 Å². The molecule has 0 spiro atoms. The van der Waals surface area contributed by atoms with Crippen LogP contribution >= 0.6 is 0 Å². The van der Waals surface area contributed by atoms with E-state index in [4.69, 9.17) is 4.74 Å². The van der Waals surface area contributed by atoms with Crippen LogP contribution in [0.25, 0.3) is 0 Å². The molecular weight excluding hydrogens is 224 g/mol. The molecule has 0 unspecified atom stereocenters. The third-order valence-electron chi connectivity index (χ3n) is 2.57. The molecule has 0 fully saturated rings. The lowest BCUT2D eigenvalue weighted by Gasteiger charge is -2.01. The first-order valence-corrected chi connectivity index (χ1v) is 6.40. The van der Waals surface area contributed by atoms with Crippen molar-refractivity contribution >= 4 is 5.97 Å². The molecule has 0 saturated carbocycles. The average molecular weight is 248 g/mol. The summed E-state index contributed by atoms with van der Waals surface area (Å²) in [4.78, 5) is 10.6. The molecule has 0 heterocycles. The highest BCUT2D eigenvalue weighted by atomic mass is 16.5. The van der Waals surface area contributed by atoms with Gasteiger partial charge in [0.05, 0.1) is 0 Å². The molecule has 0 bridgehead atoms. The predicted octanol–water partition coefficient (Wildman–Crippen LogP) is 4.03. The summed E-state index contributed by atoms with van der Waals surface area (Å²) in [7, 11) is 0. The normalized spacial score (nSPS) is 11.8. The largest absolute Gasteiger partial charge is 0.462 e. The quantitative estimate of drug-likeness (QED) is 0.386. The van der Waals surface area contributed by atoms with Crippen molar-refractivity contribution < 1.29 is 9.53 Å². The van der Waals surface area contributed by atoms with Crippen LogP contribution in [0, 0.1) is 11.8 Å². The lowest BCUT2D eigenvalue weighted by atomic mass is 10.1. The van der Waals surface area contributed by atoms with E-state index in [0.29, 0.717) is 6.61 Å². The minimum absolute atomic E-state index is 0.230. The van der Waals surface area contributed by atoms with Gasteiger partial charge in [-0.15, -0.1) is 11.8 Å². The van der Waals surface area contributed by atoms with Crippen molar-refractivity contribution in [2.45, 2.75) is 53.4 Å². The minimum Gasteiger partial charge on any atom is -0.462 e. The Hall–Kier alpha value is -1.49. The minimum atomic E-state index is -0.230. The van der Waals surface area contributed by atoms with Gasteiger partial charge in [-0.1, -0.05) is 17.2 Å². The molecule has 0 aliphatic carbocycles. The van der Waals surface area contributed by atoms with Gasteiger partial charge in [-0.25, -0.2) is 0 Å². The van der Waals surface area contributed by atoms with Crippen LogP contribution in [0.2, 0.25) is 0 Å². The molecule has 0 atom stereocenters. The Bertz CT molecular complexity index is 364. The monoisotopic (exact) mass is 248 g/mol. The number of ether oxygens (including phenoxy) is 1. The molecule has 0 radical (unpaired) electrons. The van der Waals surface area contributed by atoms with Gasteiger partial charge in [0.1, 0.15) is 6.61 Å². The van der Waals surface area contributed by atoms with Crippen molar-refractivity contribution in [3.63, 3.8) is 0 Å². The van der Waals surface area contributed by atoms with E-state index in [-0.39, 0.29) is 5.97 Å². The Morgan fingerprint density at radius 3 is 2.39 bits per heavy atom. The molecule has 0 rings (SSSR count). The first-order valence-electron chi connectivity index (χ1n) is 6.40. The number of carbonyl (C=O) groups excluding carboxylic acids is 1. The van der Waals surface area contributed by atoms with Gasteiger partial charge in [0.25, 0.3) is 0 Å². The van der Waals surface area contributed by atoms with Gasteiger partial charge in [-0.05, 0) is 46.1 Å². The number of hydrogen-bond donors (Lipinski definition) is 0. The van der Waals surface area contributed by atoms with Gasteiger partial charge in [-0.2, -0.15) is 0 Å². The lowest BCUT2D eigenvalue weighted by molar-refractivity contribution is -0.139. The van der Waals surface area contributed by atoms with E-state index >= 15 is 0 Å². The van der Waals surface area contributed by atoms with E-state index in [1.54, 1.807) is 0 Å². The van der Waals surface area contributed by atoms with E-state index in [2.05, 4.69) is 31.8 Å². The Labute approximate surface area is 111 Å². The second-order valence-electron chi connectivity index (χ2n) is 4.37. The van der Waals surface area contributed by atoms with Gasteiger partial charge in [-0.3, -0.25) is 4.79 Å². The number of allylic oxidation sites excluding steroid dienone is 3. The molecule has 0 aliphatic heterocycles. The van der Waals surface area contributed by atoms with Gasteiger partial charge in [0.15, 0.2) is 0 Å². The fourth-order valence-electron chi connectivity index (χ4n) is 1.44. The number of hydrogen-bond acceptors (Lipinski definition) is 2. The summed E-state index contributed by atoms with van der Waals surface area (Å²) in [6.45, 7) is 7.89. The zero-order chi connectivity index (χ0) is 13.8. The summed E-state index contributed by atoms with van der Waals surface area (Å²) in [6, 6.07) is 0. The van der Waals surface area contributed by atoms with Crippen LogP contribution < -0.4 is 0 Å². The van der Waals surface area contributed by atoms with Gasteiger partial charge >= 0.3 is 5.97 Å². The SMILES string of the molecule is CC#CCC/C(C)=C/CC/C(C)=C/COC(C)=O. The fourth-order valence-corrected chi connectivity index (χ4v) is 1.44. The predicted molar refractivity (Wildman–Crippen MR) is 76.1 cm³/mol. The van der Waals surface area contributed by atoms with Crippen molar-refractivity contribution in [1.82, 2.24) is 0 Å². The van der Waals surface area contributed by atoms with Crippen molar-refractivity contribution in [3.8, 4) is 11.8 Å². The van der Waals surface area contributed by atoms with E-state index in [9.17, 15) is 4.79 Å². The van der Waals surface area contributed by atoms with Gasteiger partial charge < -0.3 is 4.74 Å².